The van der Waals surface area contributed by atoms with Gasteiger partial charge in [-0.25, -0.2) is 0 Å². The normalized spacial score (nSPS) is 18.1. The number of aromatic nitrogens is 2. The molecule has 0 atom stereocenters. The lowest BCUT2D eigenvalue weighted by Crippen LogP contribution is -2.47. The van der Waals surface area contributed by atoms with E-state index in [0.29, 0.717) is 13.0 Å². The number of likely N-dealkylation sites (N-methyl/N-ethyl adjacent to an activating group) is 1. The lowest BCUT2D eigenvalue weighted by molar-refractivity contribution is 0.120. The predicted molar refractivity (Wildman–Crippen MR) is 161 cm³/mol. The zero-order valence-corrected chi connectivity index (χ0v) is 24.3. The average Bonchev–Trinajstić information content (AvgIpc) is 2.98. The van der Waals surface area contributed by atoms with E-state index in [1.807, 2.05) is 6.92 Å². The first-order valence-corrected chi connectivity index (χ1v) is 14.6. The molecular formula is C31H46N6O2. The van der Waals surface area contributed by atoms with Crippen molar-refractivity contribution in [3.05, 3.63) is 53.8 Å². The Balaban J connectivity index is 1.63. The fraction of sp³-hybridized carbons (Fsp3) is 0.548. The zero-order valence-electron chi connectivity index (χ0n) is 24.3. The molecule has 2 aliphatic heterocycles. The van der Waals surface area contributed by atoms with Gasteiger partial charge in [-0.3, -0.25) is 4.90 Å². The van der Waals surface area contributed by atoms with Crippen molar-refractivity contribution >= 4 is 16.6 Å². The summed E-state index contributed by atoms with van der Waals surface area (Å²) in [7, 11) is 1.71. The molecule has 3 heterocycles. The third kappa shape index (κ3) is 7.81. The highest BCUT2D eigenvalue weighted by molar-refractivity contribution is 5.96. The van der Waals surface area contributed by atoms with E-state index in [1.165, 1.54) is 5.57 Å². The maximum Gasteiger partial charge on any atom is 0.161 e. The molecule has 1 aromatic carbocycles. The highest BCUT2D eigenvalue weighted by Gasteiger charge is 2.21. The SMILES string of the molecule is C\C=C/C(=C\C=C\CC)Cc1nnc(N2CCNCC2)c2cc(OCCN3CCN(CC)CC3)c(OC)cc12. The van der Waals surface area contributed by atoms with Crippen LogP contribution in [0.25, 0.3) is 10.8 Å². The van der Waals surface area contributed by atoms with Crippen LogP contribution in [0.5, 0.6) is 11.5 Å². The number of allylic oxidation sites excluding steroid dienone is 6. The number of anilines is 1. The summed E-state index contributed by atoms with van der Waals surface area (Å²) in [5.74, 6) is 2.42. The summed E-state index contributed by atoms with van der Waals surface area (Å²) in [5, 5.41) is 15.1. The van der Waals surface area contributed by atoms with Crippen molar-refractivity contribution in [3.63, 3.8) is 0 Å². The molecule has 0 aliphatic carbocycles. The number of rotatable bonds is 12. The molecule has 8 heteroatoms. The minimum Gasteiger partial charge on any atom is -0.493 e. The number of ether oxygens (including phenoxy) is 2. The number of fused-ring (bicyclic) bond motifs is 1. The van der Waals surface area contributed by atoms with Gasteiger partial charge in [-0.05, 0) is 37.6 Å². The van der Waals surface area contributed by atoms with Crippen LogP contribution in [-0.4, -0.2) is 99.2 Å². The van der Waals surface area contributed by atoms with Crippen LogP contribution in [0.1, 0.15) is 32.9 Å². The number of piperazine rings is 2. The first-order valence-electron chi connectivity index (χ1n) is 14.6. The van der Waals surface area contributed by atoms with Gasteiger partial charge in [0, 0.05) is 76.1 Å². The molecule has 4 rings (SSSR count). The van der Waals surface area contributed by atoms with Crippen LogP contribution in [0, 0.1) is 0 Å². The summed E-state index contributed by atoms with van der Waals surface area (Å²) in [6.45, 7) is 17.2. The van der Waals surface area contributed by atoms with Gasteiger partial charge in [0.05, 0.1) is 12.8 Å². The molecular weight excluding hydrogens is 488 g/mol. The molecule has 0 amide bonds. The van der Waals surface area contributed by atoms with Crippen LogP contribution < -0.4 is 19.7 Å². The lowest BCUT2D eigenvalue weighted by Gasteiger charge is -2.33. The Morgan fingerprint density at radius 1 is 0.974 bits per heavy atom. The first kappa shape index (κ1) is 29.1. The number of hydrogen-bond donors (Lipinski definition) is 1. The smallest absolute Gasteiger partial charge is 0.161 e. The number of nitrogens with one attached hydrogen (secondary N) is 1. The number of methoxy groups -OCH3 is 1. The zero-order chi connectivity index (χ0) is 27.5. The minimum atomic E-state index is 0.625. The van der Waals surface area contributed by atoms with E-state index >= 15 is 0 Å². The van der Waals surface area contributed by atoms with E-state index < -0.39 is 0 Å². The molecule has 2 aliphatic rings. The van der Waals surface area contributed by atoms with E-state index in [0.717, 1.165) is 106 Å². The van der Waals surface area contributed by atoms with E-state index in [-0.39, 0.29) is 0 Å². The minimum absolute atomic E-state index is 0.625. The van der Waals surface area contributed by atoms with Crippen molar-refractivity contribution in [1.82, 2.24) is 25.3 Å². The summed E-state index contributed by atoms with van der Waals surface area (Å²) < 4.78 is 12.2. The van der Waals surface area contributed by atoms with Crippen LogP contribution in [0.3, 0.4) is 0 Å². The summed E-state index contributed by atoms with van der Waals surface area (Å²) in [5.41, 5.74) is 2.13. The van der Waals surface area contributed by atoms with Crippen molar-refractivity contribution in [2.45, 2.75) is 33.6 Å². The Kier molecular flexibility index (Phi) is 11.2. The maximum atomic E-state index is 6.37. The van der Waals surface area contributed by atoms with Gasteiger partial charge in [0.2, 0.25) is 0 Å². The average molecular weight is 535 g/mol. The molecule has 1 N–H and O–H groups in total. The highest BCUT2D eigenvalue weighted by Crippen LogP contribution is 2.37. The number of hydrogen-bond acceptors (Lipinski definition) is 8. The molecule has 0 unspecified atom stereocenters. The number of benzene rings is 1. The lowest BCUT2D eigenvalue weighted by atomic mass is 10.0. The molecule has 0 radical (unpaired) electrons. The van der Waals surface area contributed by atoms with E-state index in [4.69, 9.17) is 19.7 Å². The van der Waals surface area contributed by atoms with Crippen molar-refractivity contribution in [2.75, 3.05) is 84.1 Å². The predicted octanol–water partition coefficient (Wildman–Crippen LogP) is 4.08. The van der Waals surface area contributed by atoms with Crippen LogP contribution in [0.15, 0.2) is 48.1 Å². The summed E-state index contributed by atoms with van der Waals surface area (Å²) in [6, 6.07) is 4.21. The molecule has 212 valence electrons. The van der Waals surface area contributed by atoms with Crippen LogP contribution >= 0.6 is 0 Å². The van der Waals surface area contributed by atoms with Gasteiger partial charge in [0.1, 0.15) is 6.61 Å². The van der Waals surface area contributed by atoms with Gasteiger partial charge in [0.25, 0.3) is 0 Å². The van der Waals surface area contributed by atoms with Gasteiger partial charge in [0.15, 0.2) is 17.3 Å². The van der Waals surface area contributed by atoms with E-state index in [1.54, 1.807) is 7.11 Å². The summed E-state index contributed by atoms with van der Waals surface area (Å²) in [4.78, 5) is 7.31. The third-order valence-electron chi connectivity index (χ3n) is 7.55. The fourth-order valence-electron chi connectivity index (χ4n) is 5.23. The molecule has 2 fully saturated rings. The Bertz CT molecular complexity index is 1150. The first-order chi connectivity index (χ1) is 19.2. The van der Waals surface area contributed by atoms with Crippen molar-refractivity contribution in [1.29, 1.82) is 0 Å². The fourth-order valence-corrected chi connectivity index (χ4v) is 5.23. The van der Waals surface area contributed by atoms with E-state index in [2.05, 4.69) is 76.4 Å². The molecule has 2 aromatic rings. The second-order valence-electron chi connectivity index (χ2n) is 10.1. The Morgan fingerprint density at radius 2 is 1.72 bits per heavy atom. The highest BCUT2D eigenvalue weighted by atomic mass is 16.5. The van der Waals surface area contributed by atoms with E-state index in [9.17, 15) is 0 Å². The molecule has 0 saturated carbocycles. The van der Waals surface area contributed by atoms with Crippen molar-refractivity contribution < 1.29 is 9.47 Å². The van der Waals surface area contributed by atoms with Crippen LogP contribution in [0.4, 0.5) is 5.82 Å². The monoisotopic (exact) mass is 534 g/mol. The van der Waals surface area contributed by atoms with Gasteiger partial charge < -0.3 is 24.6 Å². The molecule has 0 bridgehead atoms. The van der Waals surface area contributed by atoms with Gasteiger partial charge in [-0.1, -0.05) is 44.2 Å². The second-order valence-corrected chi connectivity index (χ2v) is 10.1. The molecule has 8 nitrogen and oxygen atoms in total. The van der Waals surface area contributed by atoms with Crippen molar-refractivity contribution in [2.24, 2.45) is 0 Å². The Labute approximate surface area is 234 Å². The van der Waals surface area contributed by atoms with Gasteiger partial charge in [-0.15, -0.1) is 5.10 Å². The van der Waals surface area contributed by atoms with Gasteiger partial charge >= 0.3 is 0 Å². The van der Waals surface area contributed by atoms with Crippen LogP contribution in [0.2, 0.25) is 0 Å². The quantitative estimate of drug-likeness (QED) is 0.409. The standard InChI is InChI=1S/C31H46N6O2/c1-5-8-9-11-25(10-6-2)22-28-26-23-29(38-4)30(39-21-20-36-18-16-35(7-3)17-19-36)24-27(26)31(34-33-28)37-14-12-32-13-15-37/h6,8-11,23-24,32H,5,7,12-22H2,1-4H3/b9-8+,10-6-,25-11+. The van der Waals surface area contributed by atoms with Crippen molar-refractivity contribution in [3.8, 4) is 11.5 Å². The van der Waals surface area contributed by atoms with Gasteiger partial charge in [-0.2, -0.15) is 5.10 Å². The summed E-state index contributed by atoms with van der Waals surface area (Å²) in [6.07, 6.45) is 12.4. The summed E-state index contributed by atoms with van der Waals surface area (Å²) >= 11 is 0. The Hall–Kier alpha value is -2.94. The Morgan fingerprint density at radius 3 is 2.41 bits per heavy atom. The maximum absolute atomic E-state index is 6.37. The number of nitrogens with zero attached hydrogens (tertiary/aromatic N) is 5. The third-order valence-corrected chi connectivity index (χ3v) is 7.55. The topological polar surface area (TPSA) is 66.0 Å². The molecule has 2 saturated heterocycles. The second kappa shape index (κ2) is 15.0. The van der Waals surface area contributed by atoms with Crippen LogP contribution in [-0.2, 0) is 6.42 Å². The molecule has 39 heavy (non-hydrogen) atoms. The largest absolute Gasteiger partial charge is 0.493 e. The molecule has 0 spiro atoms. The molecule has 1 aromatic heterocycles.